The first-order chi connectivity index (χ1) is 8.29. The van der Waals surface area contributed by atoms with Crippen LogP contribution in [0.3, 0.4) is 0 Å². The van der Waals surface area contributed by atoms with Crippen molar-refractivity contribution >= 4 is 55.5 Å². The lowest BCUT2D eigenvalue weighted by atomic mass is 10.2. The Hall–Kier alpha value is -0.630. The van der Waals surface area contributed by atoms with Gasteiger partial charge in [0.2, 0.25) is 0 Å². The fourth-order valence-corrected chi connectivity index (χ4v) is 2.65. The van der Waals surface area contributed by atoms with Crippen LogP contribution in [0.4, 0.5) is 4.79 Å². The van der Waals surface area contributed by atoms with Gasteiger partial charge in [-0.1, -0.05) is 0 Å². The van der Waals surface area contributed by atoms with Gasteiger partial charge in [-0.2, -0.15) is 0 Å². The zero-order valence-corrected chi connectivity index (χ0v) is 13.9. The van der Waals surface area contributed by atoms with E-state index in [4.69, 9.17) is 4.74 Å². The largest absolute Gasteiger partial charge is 0.443 e. The fraction of sp³-hybridized carbons (Fsp3) is 0.333. The molecule has 0 radical (unpaired) electrons. The Bertz CT molecular complexity index is 616. The van der Waals surface area contributed by atoms with E-state index in [1.54, 1.807) is 12.4 Å². The third-order valence-electron chi connectivity index (χ3n) is 2.22. The first-order valence-electron chi connectivity index (χ1n) is 5.34. The molecule has 4 nitrogen and oxygen atoms in total. The monoisotopic (exact) mass is 422 g/mol. The Labute approximate surface area is 127 Å². The highest BCUT2D eigenvalue weighted by molar-refractivity contribution is 14.1. The van der Waals surface area contributed by atoms with Gasteiger partial charge in [0.25, 0.3) is 0 Å². The molecule has 0 aliphatic rings. The van der Waals surface area contributed by atoms with E-state index in [2.05, 4.69) is 43.5 Å². The molecule has 18 heavy (non-hydrogen) atoms. The maximum atomic E-state index is 12.1. The summed E-state index contributed by atoms with van der Waals surface area (Å²) in [5.41, 5.74) is 0.248. The van der Waals surface area contributed by atoms with E-state index in [9.17, 15) is 4.79 Å². The molecular formula is C12H12BrIN2O2. The lowest BCUT2D eigenvalue weighted by molar-refractivity contribution is 0.0544. The van der Waals surface area contributed by atoms with Gasteiger partial charge in [-0.15, -0.1) is 0 Å². The average molecular weight is 423 g/mol. The molecule has 6 heteroatoms. The van der Waals surface area contributed by atoms with Crippen molar-refractivity contribution in [1.29, 1.82) is 0 Å². The van der Waals surface area contributed by atoms with Crippen molar-refractivity contribution < 1.29 is 9.53 Å². The van der Waals surface area contributed by atoms with Crippen LogP contribution in [-0.4, -0.2) is 21.2 Å². The molecule has 0 saturated carbocycles. The van der Waals surface area contributed by atoms with Crippen molar-refractivity contribution in [3.63, 3.8) is 0 Å². The third-order valence-corrected chi connectivity index (χ3v) is 3.64. The zero-order valence-electron chi connectivity index (χ0n) is 10.2. The lowest BCUT2D eigenvalue weighted by Gasteiger charge is -2.19. The number of ether oxygens (including phenoxy) is 1. The summed E-state index contributed by atoms with van der Waals surface area (Å²) in [7, 11) is 0. The molecule has 0 fully saturated rings. The number of carbonyl (C=O) groups is 1. The van der Waals surface area contributed by atoms with Crippen molar-refractivity contribution in [3.05, 3.63) is 26.6 Å². The summed E-state index contributed by atoms with van der Waals surface area (Å²) in [6.45, 7) is 5.53. The molecule has 2 aromatic rings. The van der Waals surface area contributed by atoms with E-state index >= 15 is 0 Å². The molecule has 0 spiro atoms. The molecule has 0 bridgehead atoms. The van der Waals surface area contributed by atoms with Gasteiger partial charge in [0.15, 0.2) is 0 Å². The summed E-state index contributed by atoms with van der Waals surface area (Å²) in [6.07, 6.45) is 3.03. The van der Waals surface area contributed by atoms with Crippen LogP contribution in [0.25, 0.3) is 10.9 Å². The molecule has 96 valence electrons. The van der Waals surface area contributed by atoms with Gasteiger partial charge in [0.1, 0.15) is 9.30 Å². The van der Waals surface area contributed by atoms with Gasteiger partial charge >= 0.3 is 6.09 Å². The molecule has 2 heterocycles. The van der Waals surface area contributed by atoms with E-state index in [0.717, 1.165) is 19.1 Å². The van der Waals surface area contributed by atoms with E-state index in [0.29, 0.717) is 0 Å². The Morgan fingerprint density at radius 3 is 2.78 bits per heavy atom. The van der Waals surface area contributed by atoms with Crippen molar-refractivity contribution in [3.8, 4) is 0 Å². The van der Waals surface area contributed by atoms with E-state index in [-0.39, 0.29) is 0 Å². The minimum Gasteiger partial charge on any atom is -0.443 e. The number of hydrogen-bond acceptors (Lipinski definition) is 3. The molecule has 0 saturated heterocycles. The average Bonchev–Trinajstić information content (AvgIpc) is 2.66. The highest BCUT2D eigenvalue weighted by atomic mass is 127. The number of pyridine rings is 1. The van der Waals surface area contributed by atoms with E-state index in [1.165, 1.54) is 4.57 Å². The first-order valence-corrected chi connectivity index (χ1v) is 7.21. The quantitative estimate of drug-likeness (QED) is 0.472. The maximum Gasteiger partial charge on any atom is 0.419 e. The second-order valence-corrected chi connectivity index (χ2v) is 6.70. The van der Waals surface area contributed by atoms with Crippen molar-refractivity contribution in [2.24, 2.45) is 0 Å². The molecule has 0 unspecified atom stereocenters. The van der Waals surface area contributed by atoms with Crippen LogP contribution >= 0.6 is 38.5 Å². The smallest absolute Gasteiger partial charge is 0.419 e. The zero-order chi connectivity index (χ0) is 13.5. The van der Waals surface area contributed by atoms with E-state index in [1.807, 2.05) is 26.8 Å². The van der Waals surface area contributed by atoms with Gasteiger partial charge in [-0.3, -0.25) is 0 Å². The summed E-state index contributed by atoms with van der Waals surface area (Å²) >= 11 is 5.53. The predicted octanol–water partition coefficient (Wildman–Crippen LogP) is 4.19. The Balaban J connectivity index is 2.53. The number of rotatable bonds is 0. The topological polar surface area (TPSA) is 44.1 Å². The molecule has 0 N–H and O–H groups in total. The summed E-state index contributed by atoms with van der Waals surface area (Å²) in [5.74, 6) is 0. The van der Waals surface area contributed by atoms with Gasteiger partial charge < -0.3 is 4.74 Å². The molecule has 0 aliphatic carbocycles. The number of nitrogens with zero attached hydrogens (tertiary/aromatic N) is 2. The van der Waals surface area contributed by atoms with Crippen LogP contribution in [0.15, 0.2) is 22.9 Å². The molecule has 0 amide bonds. The number of aromatic nitrogens is 2. The molecular weight excluding hydrogens is 411 g/mol. The second-order valence-electron chi connectivity index (χ2n) is 4.83. The first kappa shape index (κ1) is 13.8. The molecule has 0 aliphatic heterocycles. The van der Waals surface area contributed by atoms with Crippen molar-refractivity contribution in [2.75, 3.05) is 0 Å². The third kappa shape index (κ3) is 2.69. The van der Waals surface area contributed by atoms with Crippen LogP contribution in [0.1, 0.15) is 20.8 Å². The highest BCUT2D eigenvalue weighted by Crippen LogP contribution is 2.27. The lowest BCUT2D eigenvalue weighted by Crippen LogP contribution is -2.26. The summed E-state index contributed by atoms with van der Waals surface area (Å²) in [6, 6.07) is 1.87. The van der Waals surface area contributed by atoms with Crippen LogP contribution in [-0.2, 0) is 4.74 Å². The Morgan fingerprint density at radius 2 is 2.17 bits per heavy atom. The maximum absolute atomic E-state index is 12.1. The summed E-state index contributed by atoms with van der Waals surface area (Å²) < 4.78 is 8.48. The highest BCUT2D eigenvalue weighted by Gasteiger charge is 2.20. The fourth-order valence-electron chi connectivity index (χ4n) is 1.54. The van der Waals surface area contributed by atoms with Crippen molar-refractivity contribution in [1.82, 2.24) is 9.55 Å². The van der Waals surface area contributed by atoms with Crippen LogP contribution < -0.4 is 0 Å². The summed E-state index contributed by atoms with van der Waals surface area (Å²) in [4.78, 5) is 16.3. The van der Waals surface area contributed by atoms with Gasteiger partial charge in [0, 0.05) is 22.3 Å². The number of carbonyl (C=O) groups excluding carboxylic acids is 1. The minimum atomic E-state index is -0.515. The number of halogens is 2. The number of hydrogen-bond donors (Lipinski definition) is 0. The normalized spacial score (nSPS) is 11.8. The van der Waals surface area contributed by atoms with E-state index < -0.39 is 11.7 Å². The molecule has 2 aromatic heterocycles. The van der Waals surface area contributed by atoms with Gasteiger partial charge in [-0.05, 0) is 65.4 Å². The number of fused-ring (bicyclic) bond motifs is 1. The molecule has 0 aromatic carbocycles. The van der Waals surface area contributed by atoms with Crippen LogP contribution in [0.2, 0.25) is 0 Å². The SMILES string of the molecule is CC(C)(C)OC(=O)n1ccc2c(Br)cnc(I)c21. The standard InChI is InChI=1S/C12H12BrIN2O2/c1-12(2,3)18-11(17)16-5-4-7-8(13)6-15-10(14)9(7)16/h4-6H,1-3H3. The molecule has 2 rings (SSSR count). The van der Waals surface area contributed by atoms with Crippen molar-refractivity contribution in [2.45, 2.75) is 26.4 Å². The molecule has 0 atom stereocenters. The van der Waals surface area contributed by atoms with Gasteiger partial charge in [0.05, 0.1) is 5.52 Å². The van der Waals surface area contributed by atoms with Gasteiger partial charge in [-0.25, -0.2) is 14.3 Å². The van der Waals surface area contributed by atoms with Crippen LogP contribution in [0, 0.1) is 3.70 Å². The predicted molar refractivity (Wildman–Crippen MR) is 81.8 cm³/mol. The Morgan fingerprint density at radius 1 is 1.50 bits per heavy atom. The van der Waals surface area contributed by atoms with Crippen LogP contribution in [0.5, 0.6) is 0 Å². The summed E-state index contributed by atoms with van der Waals surface area (Å²) in [5, 5.41) is 0.945. The second kappa shape index (κ2) is 4.80. The Kier molecular flexibility index (Phi) is 3.68. The minimum absolute atomic E-state index is 0.393.